The van der Waals surface area contributed by atoms with Crippen LogP contribution in [0, 0.1) is 5.92 Å². The third-order valence-corrected chi connectivity index (χ3v) is 1.99. The standard InChI is InChI=1S/C8H13NO/c1-6-2-4-7(5-3-6)8(9)10/h4,6H,2-3,5H2,1H3,(H2,9,10)/t6-/m1/s1. The number of rotatable bonds is 1. The second kappa shape index (κ2) is 2.86. The van der Waals surface area contributed by atoms with E-state index in [1.165, 1.54) is 0 Å². The van der Waals surface area contributed by atoms with Crippen LogP contribution in [0.3, 0.4) is 0 Å². The van der Waals surface area contributed by atoms with E-state index >= 15 is 0 Å². The summed E-state index contributed by atoms with van der Waals surface area (Å²) in [6.45, 7) is 2.19. The normalized spacial score (nSPS) is 25.7. The van der Waals surface area contributed by atoms with Gasteiger partial charge in [0, 0.05) is 5.57 Å². The first-order valence-electron chi connectivity index (χ1n) is 3.69. The van der Waals surface area contributed by atoms with Gasteiger partial charge in [0.2, 0.25) is 5.91 Å². The Hall–Kier alpha value is -0.790. The predicted octanol–water partition coefficient (Wildman–Crippen LogP) is 1.22. The lowest BCUT2D eigenvalue weighted by molar-refractivity contribution is -0.114. The molecule has 1 aliphatic carbocycles. The summed E-state index contributed by atoms with van der Waals surface area (Å²) in [5.41, 5.74) is 5.92. The molecule has 0 unspecified atom stereocenters. The summed E-state index contributed by atoms with van der Waals surface area (Å²) < 4.78 is 0. The van der Waals surface area contributed by atoms with Gasteiger partial charge in [-0.25, -0.2) is 0 Å². The quantitative estimate of drug-likeness (QED) is 0.583. The minimum atomic E-state index is -0.244. The Balaban J connectivity index is 2.56. The molecule has 1 rings (SSSR count). The molecule has 2 nitrogen and oxygen atoms in total. The van der Waals surface area contributed by atoms with Crippen molar-refractivity contribution in [2.24, 2.45) is 11.7 Å². The molecule has 0 aromatic rings. The topological polar surface area (TPSA) is 43.1 Å². The van der Waals surface area contributed by atoms with Gasteiger partial charge in [0.25, 0.3) is 0 Å². The lowest BCUT2D eigenvalue weighted by Crippen LogP contribution is -2.17. The number of hydrogen-bond acceptors (Lipinski definition) is 1. The summed E-state index contributed by atoms with van der Waals surface area (Å²) in [7, 11) is 0. The van der Waals surface area contributed by atoms with Gasteiger partial charge >= 0.3 is 0 Å². The molecule has 0 aromatic carbocycles. The number of nitrogens with two attached hydrogens (primary N) is 1. The molecule has 0 aliphatic heterocycles. The van der Waals surface area contributed by atoms with Crippen molar-refractivity contribution in [1.29, 1.82) is 0 Å². The molecule has 10 heavy (non-hydrogen) atoms. The SMILES string of the molecule is C[C@@H]1CC=C(C(N)=O)CC1. The molecule has 0 aromatic heterocycles. The van der Waals surface area contributed by atoms with Crippen LogP contribution in [-0.2, 0) is 4.79 Å². The Labute approximate surface area is 61.1 Å². The molecule has 0 bridgehead atoms. The fourth-order valence-corrected chi connectivity index (χ4v) is 1.19. The summed E-state index contributed by atoms with van der Waals surface area (Å²) in [4.78, 5) is 10.6. The third-order valence-electron chi connectivity index (χ3n) is 1.99. The third kappa shape index (κ3) is 1.59. The van der Waals surface area contributed by atoms with E-state index in [0.717, 1.165) is 30.8 Å². The average molecular weight is 139 g/mol. The van der Waals surface area contributed by atoms with E-state index in [1.54, 1.807) is 0 Å². The number of primary amides is 1. The lowest BCUT2D eigenvalue weighted by Gasteiger charge is -2.15. The van der Waals surface area contributed by atoms with Crippen LogP contribution in [0.5, 0.6) is 0 Å². The summed E-state index contributed by atoms with van der Waals surface area (Å²) in [5, 5.41) is 0. The van der Waals surface area contributed by atoms with E-state index in [4.69, 9.17) is 5.73 Å². The summed E-state index contributed by atoms with van der Waals surface area (Å²) in [6.07, 6.45) is 4.96. The predicted molar refractivity (Wildman–Crippen MR) is 40.3 cm³/mol. The van der Waals surface area contributed by atoms with Crippen molar-refractivity contribution in [3.05, 3.63) is 11.6 Å². The average Bonchev–Trinajstić information content (AvgIpc) is 1.88. The van der Waals surface area contributed by atoms with Crippen LogP contribution < -0.4 is 5.73 Å². The van der Waals surface area contributed by atoms with Crippen molar-refractivity contribution in [3.8, 4) is 0 Å². The van der Waals surface area contributed by atoms with Crippen LogP contribution in [0.2, 0.25) is 0 Å². The summed E-state index contributed by atoms with van der Waals surface area (Å²) in [6, 6.07) is 0. The maximum absolute atomic E-state index is 10.6. The number of amides is 1. The molecule has 0 saturated carbocycles. The molecule has 56 valence electrons. The number of carbonyl (C=O) groups excluding carboxylic acids is 1. The summed E-state index contributed by atoms with van der Waals surface area (Å²) >= 11 is 0. The van der Waals surface area contributed by atoms with Gasteiger partial charge in [0.05, 0.1) is 0 Å². The van der Waals surface area contributed by atoms with E-state index in [2.05, 4.69) is 6.92 Å². The van der Waals surface area contributed by atoms with Crippen LogP contribution in [0.25, 0.3) is 0 Å². The van der Waals surface area contributed by atoms with Crippen LogP contribution in [0.4, 0.5) is 0 Å². The molecule has 0 saturated heterocycles. The minimum absolute atomic E-state index is 0.244. The second-order valence-corrected chi connectivity index (χ2v) is 2.97. The number of allylic oxidation sites excluding steroid dienone is 1. The van der Waals surface area contributed by atoms with Crippen LogP contribution in [0.15, 0.2) is 11.6 Å². The van der Waals surface area contributed by atoms with E-state index in [9.17, 15) is 4.79 Å². The van der Waals surface area contributed by atoms with Crippen LogP contribution in [0.1, 0.15) is 26.2 Å². The van der Waals surface area contributed by atoms with Crippen molar-refractivity contribution < 1.29 is 4.79 Å². The molecule has 0 radical (unpaired) electrons. The van der Waals surface area contributed by atoms with Gasteiger partial charge in [-0.05, 0) is 25.2 Å². The number of hydrogen-bond donors (Lipinski definition) is 1. The Morgan fingerprint density at radius 2 is 2.50 bits per heavy atom. The van der Waals surface area contributed by atoms with Crippen LogP contribution >= 0.6 is 0 Å². The first-order chi connectivity index (χ1) is 4.70. The monoisotopic (exact) mass is 139 g/mol. The molecule has 0 heterocycles. The van der Waals surface area contributed by atoms with Gasteiger partial charge < -0.3 is 5.73 Å². The molecule has 2 heteroatoms. The van der Waals surface area contributed by atoms with Gasteiger partial charge in [0.1, 0.15) is 0 Å². The van der Waals surface area contributed by atoms with E-state index in [-0.39, 0.29) is 5.91 Å². The first-order valence-corrected chi connectivity index (χ1v) is 3.69. The minimum Gasteiger partial charge on any atom is -0.366 e. The molecular weight excluding hydrogens is 126 g/mol. The molecule has 2 N–H and O–H groups in total. The highest BCUT2D eigenvalue weighted by Gasteiger charge is 2.12. The second-order valence-electron chi connectivity index (χ2n) is 2.97. The van der Waals surface area contributed by atoms with Gasteiger partial charge in [-0.3, -0.25) is 4.79 Å². The first kappa shape index (κ1) is 7.32. The Bertz CT molecular complexity index is 172. The summed E-state index contributed by atoms with van der Waals surface area (Å²) in [5.74, 6) is 0.481. The zero-order valence-corrected chi connectivity index (χ0v) is 6.26. The van der Waals surface area contributed by atoms with Crippen molar-refractivity contribution in [2.75, 3.05) is 0 Å². The Morgan fingerprint density at radius 1 is 1.80 bits per heavy atom. The van der Waals surface area contributed by atoms with E-state index in [0.29, 0.717) is 0 Å². The maximum Gasteiger partial charge on any atom is 0.244 e. The zero-order valence-electron chi connectivity index (χ0n) is 6.26. The highest BCUT2D eigenvalue weighted by Crippen LogP contribution is 2.21. The van der Waals surface area contributed by atoms with Crippen molar-refractivity contribution in [3.63, 3.8) is 0 Å². The van der Waals surface area contributed by atoms with E-state index in [1.807, 2.05) is 6.08 Å². The molecule has 0 spiro atoms. The van der Waals surface area contributed by atoms with E-state index < -0.39 is 0 Å². The molecule has 1 atom stereocenters. The van der Waals surface area contributed by atoms with Gasteiger partial charge in [-0.2, -0.15) is 0 Å². The fraction of sp³-hybridized carbons (Fsp3) is 0.625. The fourth-order valence-electron chi connectivity index (χ4n) is 1.19. The maximum atomic E-state index is 10.6. The van der Waals surface area contributed by atoms with Crippen molar-refractivity contribution >= 4 is 5.91 Å². The van der Waals surface area contributed by atoms with Gasteiger partial charge in [-0.1, -0.05) is 13.0 Å². The largest absolute Gasteiger partial charge is 0.366 e. The molecule has 1 amide bonds. The molecular formula is C8H13NO. The molecule has 1 aliphatic rings. The highest BCUT2D eigenvalue weighted by molar-refractivity contribution is 5.91. The van der Waals surface area contributed by atoms with Gasteiger partial charge in [-0.15, -0.1) is 0 Å². The lowest BCUT2D eigenvalue weighted by atomic mass is 9.91. The highest BCUT2D eigenvalue weighted by atomic mass is 16.1. The Morgan fingerprint density at radius 3 is 2.90 bits per heavy atom. The number of carbonyl (C=O) groups is 1. The van der Waals surface area contributed by atoms with Gasteiger partial charge in [0.15, 0.2) is 0 Å². The van der Waals surface area contributed by atoms with Crippen molar-refractivity contribution in [1.82, 2.24) is 0 Å². The van der Waals surface area contributed by atoms with Crippen molar-refractivity contribution in [2.45, 2.75) is 26.2 Å². The van der Waals surface area contributed by atoms with Crippen LogP contribution in [-0.4, -0.2) is 5.91 Å². The zero-order chi connectivity index (χ0) is 7.56. The molecule has 0 fully saturated rings. The Kier molecular flexibility index (Phi) is 2.10. The smallest absolute Gasteiger partial charge is 0.244 e.